The molecule has 0 aromatic heterocycles. The summed E-state index contributed by atoms with van der Waals surface area (Å²) in [5, 5.41) is 4.72. The lowest BCUT2D eigenvalue weighted by molar-refractivity contribution is -0.276. The number of carbonyl (C=O) groups is 5. The molecule has 0 aliphatic carbocycles. The predicted octanol–water partition coefficient (Wildman–Crippen LogP) is 3.65. The second kappa shape index (κ2) is 15.2. The van der Waals surface area contributed by atoms with Gasteiger partial charge in [-0.15, -0.1) is 0 Å². The smallest absolute Gasteiger partial charge is 0.422 e. The number of amides is 4. The largest absolute Gasteiger partial charge is 0.461 e. The lowest BCUT2D eigenvalue weighted by atomic mass is 10.0. The third-order valence-electron chi connectivity index (χ3n) is 7.72. The molecule has 0 unspecified atom stereocenters. The maximum atomic E-state index is 14.5. The first-order chi connectivity index (χ1) is 21.9. The summed E-state index contributed by atoms with van der Waals surface area (Å²) < 4.78 is 78.4. The lowest BCUT2D eigenvalue weighted by Crippen LogP contribution is -2.55. The minimum atomic E-state index is -6.14. The van der Waals surface area contributed by atoms with Crippen molar-refractivity contribution >= 4 is 29.6 Å². The highest BCUT2D eigenvalue weighted by Gasteiger charge is 2.63. The second-order valence-corrected chi connectivity index (χ2v) is 11.9. The van der Waals surface area contributed by atoms with Gasteiger partial charge in [-0.3, -0.25) is 24.0 Å². The number of benzene rings is 1. The molecule has 2 heterocycles. The Morgan fingerprint density at radius 2 is 1.49 bits per heavy atom. The molecule has 2 saturated heterocycles. The molecule has 0 spiro atoms. The van der Waals surface area contributed by atoms with Crippen molar-refractivity contribution in [2.45, 2.75) is 71.6 Å². The zero-order valence-corrected chi connectivity index (χ0v) is 26.7. The second-order valence-electron chi connectivity index (χ2n) is 11.9. The van der Waals surface area contributed by atoms with E-state index in [4.69, 9.17) is 4.74 Å². The predicted molar refractivity (Wildman–Crippen MR) is 157 cm³/mol. The van der Waals surface area contributed by atoms with Gasteiger partial charge in [0, 0.05) is 37.7 Å². The first-order valence-corrected chi connectivity index (χ1v) is 15.1. The maximum absolute atomic E-state index is 14.5. The maximum Gasteiger partial charge on any atom is 0.461 e. The zero-order chi connectivity index (χ0) is 35.3. The molecule has 2 fully saturated rings. The van der Waals surface area contributed by atoms with Gasteiger partial charge in [-0.25, -0.2) is 0 Å². The fraction of sp³-hybridized carbons (Fsp3) is 0.581. The summed E-state index contributed by atoms with van der Waals surface area (Å²) in [7, 11) is 0. The summed E-state index contributed by atoms with van der Waals surface area (Å²) in [4.78, 5) is 67.2. The van der Waals surface area contributed by atoms with Gasteiger partial charge in [0.25, 0.3) is 11.8 Å². The van der Waals surface area contributed by atoms with Gasteiger partial charge in [-0.1, -0.05) is 27.7 Å². The third-order valence-corrected chi connectivity index (χ3v) is 7.72. The van der Waals surface area contributed by atoms with Gasteiger partial charge >= 0.3 is 18.1 Å². The number of nitrogens with zero attached hydrogens (tertiary/aromatic N) is 2. The van der Waals surface area contributed by atoms with Crippen LogP contribution in [0.4, 0.5) is 22.0 Å². The molecular formula is C31H39F5N4O7. The molecule has 47 heavy (non-hydrogen) atoms. The molecule has 4 amide bonds. The van der Waals surface area contributed by atoms with Gasteiger partial charge in [0.1, 0.15) is 12.1 Å². The molecule has 3 rings (SSSR count). The first-order valence-electron chi connectivity index (χ1n) is 15.1. The van der Waals surface area contributed by atoms with E-state index >= 15 is 0 Å². The van der Waals surface area contributed by atoms with Crippen molar-refractivity contribution in [3.05, 3.63) is 46.8 Å². The van der Waals surface area contributed by atoms with Crippen molar-refractivity contribution in [2.24, 2.45) is 11.8 Å². The van der Waals surface area contributed by atoms with Gasteiger partial charge in [0.2, 0.25) is 17.6 Å². The Morgan fingerprint density at radius 1 is 0.915 bits per heavy atom. The number of esters is 1. The third kappa shape index (κ3) is 8.84. The van der Waals surface area contributed by atoms with Crippen LogP contribution in [-0.2, 0) is 23.9 Å². The minimum Gasteiger partial charge on any atom is -0.422 e. The van der Waals surface area contributed by atoms with Crippen LogP contribution >= 0.6 is 0 Å². The van der Waals surface area contributed by atoms with E-state index in [1.165, 1.54) is 38.1 Å². The zero-order valence-electron chi connectivity index (χ0n) is 26.7. The molecule has 0 radical (unpaired) electrons. The van der Waals surface area contributed by atoms with Gasteiger partial charge in [-0.2, -0.15) is 22.0 Å². The molecule has 260 valence electrons. The summed E-state index contributed by atoms with van der Waals surface area (Å²) in [6.07, 6.45) is -5.78. The van der Waals surface area contributed by atoms with Crippen molar-refractivity contribution in [3.8, 4) is 0 Å². The number of morpholine rings is 1. The number of alkyl halides is 5. The Kier molecular flexibility index (Phi) is 12.1. The summed E-state index contributed by atoms with van der Waals surface area (Å²) in [6.45, 7) is 8.18. The van der Waals surface area contributed by atoms with Crippen molar-refractivity contribution in [2.75, 3.05) is 32.8 Å². The normalized spacial score (nSPS) is 18.5. The van der Waals surface area contributed by atoms with Crippen LogP contribution in [-0.4, -0.2) is 96.4 Å². The summed E-state index contributed by atoms with van der Waals surface area (Å²) in [5.41, 5.74) is -0.436. The monoisotopic (exact) mass is 674 g/mol. The van der Waals surface area contributed by atoms with Gasteiger partial charge in [0.05, 0.1) is 18.9 Å². The Balaban J connectivity index is 1.80. The molecule has 2 N–H and O–H groups in total. The molecule has 0 saturated carbocycles. The number of nitrogens with one attached hydrogen (secondary N) is 2. The highest BCUT2D eigenvalue weighted by molar-refractivity contribution is 6.00. The highest BCUT2D eigenvalue weighted by atomic mass is 19.4. The Hall–Kier alpha value is -4.08. The summed E-state index contributed by atoms with van der Waals surface area (Å²) in [5.74, 6) is -13.3. The Labute approximate surface area is 268 Å². The number of likely N-dealkylation sites (tertiary alicyclic amines) is 1. The lowest BCUT2D eigenvalue weighted by Gasteiger charge is -2.31. The SMILES string of the molecule is CC(=O)O/C(=C(\NC(=O)[C@@H]1CCCN1C(=O)[C@@H](NC(=O)c1ccc(C(=O)N2CCOCC2)cc1)C(C)C)C(C)C)C(F)(F)C(F)(F)F. The fourth-order valence-corrected chi connectivity index (χ4v) is 5.17. The number of carbonyl (C=O) groups excluding carboxylic acids is 5. The molecule has 16 heteroatoms. The van der Waals surface area contributed by atoms with Crippen molar-refractivity contribution in [3.63, 3.8) is 0 Å². The number of halogens is 5. The highest BCUT2D eigenvalue weighted by Crippen LogP contribution is 2.43. The summed E-state index contributed by atoms with van der Waals surface area (Å²) >= 11 is 0. The number of ether oxygens (including phenoxy) is 2. The Morgan fingerprint density at radius 3 is 2.00 bits per heavy atom. The average Bonchev–Trinajstić information content (AvgIpc) is 3.50. The van der Waals surface area contributed by atoms with Crippen LogP contribution in [0.25, 0.3) is 0 Å². The summed E-state index contributed by atoms with van der Waals surface area (Å²) in [6, 6.07) is 3.44. The van der Waals surface area contributed by atoms with E-state index in [1.807, 2.05) is 0 Å². The molecule has 2 atom stereocenters. The number of allylic oxidation sites excluding steroid dienone is 2. The van der Waals surface area contributed by atoms with E-state index in [0.717, 1.165) is 4.90 Å². The standard InChI is InChI=1S/C31H39F5N4O7/c1-17(2)23(25(47-19(5)41)30(32,33)31(34,35)36)37-27(43)22-7-6-12-40(22)29(45)24(18(3)4)38-26(42)20-8-10-21(11-9-20)28(44)39-13-15-46-16-14-39/h8-11,17-18,22,24H,6-7,12-16H2,1-5H3,(H,37,43)(H,38,42)/b25-23-/t22-,24-/m0/s1. The van der Waals surface area contributed by atoms with Crippen LogP contribution in [0.1, 0.15) is 68.2 Å². The quantitative estimate of drug-likeness (QED) is 0.220. The molecule has 11 nitrogen and oxygen atoms in total. The van der Waals surface area contributed by atoms with Crippen LogP contribution in [0, 0.1) is 11.8 Å². The van der Waals surface area contributed by atoms with Crippen molar-refractivity contribution in [1.82, 2.24) is 20.4 Å². The molecule has 1 aromatic rings. The topological polar surface area (TPSA) is 134 Å². The van der Waals surface area contributed by atoms with Gasteiger partial charge < -0.3 is 29.9 Å². The van der Waals surface area contributed by atoms with E-state index in [1.54, 1.807) is 18.7 Å². The number of rotatable bonds is 10. The molecule has 0 bridgehead atoms. The molecule has 2 aliphatic heterocycles. The minimum absolute atomic E-state index is 0.0462. The van der Waals surface area contributed by atoms with Gasteiger partial charge in [0.15, 0.2) is 0 Å². The molecule has 1 aromatic carbocycles. The van der Waals surface area contributed by atoms with Crippen LogP contribution in [0.5, 0.6) is 0 Å². The van der Waals surface area contributed by atoms with E-state index in [2.05, 4.69) is 15.4 Å². The fourth-order valence-electron chi connectivity index (χ4n) is 5.17. The van der Waals surface area contributed by atoms with Crippen LogP contribution in [0.2, 0.25) is 0 Å². The van der Waals surface area contributed by atoms with Crippen molar-refractivity contribution < 1.29 is 55.4 Å². The van der Waals surface area contributed by atoms with Crippen LogP contribution in [0.15, 0.2) is 35.7 Å². The number of hydrogen-bond acceptors (Lipinski definition) is 7. The van der Waals surface area contributed by atoms with E-state index in [9.17, 15) is 45.9 Å². The first kappa shape index (κ1) is 37.4. The van der Waals surface area contributed by atoms with Gasteiger partial charge in [-0.05, 0) is 48.9 Å². The Bertz CT molecular complexity index is 1370. The molecule has 2 aliphatic rings. The number of hydrogen-bond donors (Lipinski definition) is 2. The van der Waals surface area contributed by atoms with E-state index < -0.39 is 71.2 Å². The average molecular weight is 675 g/mol. The van der Waals surface area contributed by atoms with E-state index in [0.29, 0.717) is 45.2 Å². The van der Waals surface area contributed by atoms with Crippen LogP contribution in [0.3, 0.4) is 0 Å². The van der Waals surface area contributed by atoms with Crippen LogP contribution < -0.4 is 10.6 Å². The molecular weight excluding hydrogens is 635 g/mol. The van der Waals surface area contributed by atoms with Crippen molar-refractivity contribution in [1.29, 1.82) is 0 Å². The van der Waals surface area contributed by atoms with E-state index in [-0.39, 0.29) is 24.4 Å².